The molecule has 8 rings (SSSR count). The minimum absolute atomic E-state index is 0.00675. The fourth-order valence-corrected chi connectivity index (χ4v) is 11.4. The lowest BCUT2D eigenvalue weighted by molar-refractivity contribution is -0.123. The number of amides is 3. The number of hydrogen-bond donors (Lipinski definition) is 2. The van der Waals surface area contributed by atoms with E-state index in [1.54, 1.807) is 36.0 Å². The molecule has 3 heterocycles. The highest BCUT2D eigenvalue weighted by Gasteiger charge is 2.69. The second kappa shape index (κ2) is 11.4. The number of ether oxygens (including phenoxy) is 1. The van der Waals surface area contributed by atoms with Gasteiger partial charge in [-0.1, -0.05) is 56.6 Å². The normalized spacial score (nSPS) is 27.4. The predicted octanol–water partition coefficient (Wildman–Crippen LogP) is 6.86. The SMILES string of the molecule is Cc1ccc(NC(=O)COc2ccc(Cl)cc2[C@H]2c3sc(=O)[nH]c3SC3C4CC(C5C(=O)N(c6ccc(Br)cc6)C(=O)C45)C32)cc1. The summed E-state index contributed by atoms with van der Waals surface area (Å²) in [5, 5.41) is 4.16. The van der Waals surface area contributed by atoms with E-state index in [9.17, 15) is 19.2 Å². The molecule has 2 N–H and O–H groups in total. The van der Waals surface area contributed by atoms with Gasteiger partial charge in [0.1, 0.15) is 5.75 Å². The number of carbonyl (C=O) groups is 3. The molecule has 12 heteroatoms. The lowest BCUT2D eigenvalue weighted by Crippen LogP contribution is -2.42. The third kappa shape index (κ3) is 4.85. The Kier molecular flexibility index (Phi) is 7.43. The van der Waals surface area contributed by atoms with E-state index in [1.807, 2.05) is 49.4 Å². The van der Waals surface area contributed by atoms with Crippen molar-refractivity contribution >= 4 is 79.7 Å². The third-order valence-corrected chi connectivity index (χ3v) is 13.2. The van der Waals surface area contributed by atoms with E-state index >= 15 is 0 Å². The number of anilines is 2. The number of carbonyl (C=O) groups excluding carboxylic acids is 3. The lowest BCUT2D eigenvalue weighted by Gasteiger charge is -2.43. The van der Waals surface area contributed by atoms with Crippen molar-refractivity contribution in [1.82, 2.24) is 4.98 Å². The number of H-pyrrole nitrogens is 1. The highest BCUT2D eigenvalue weighted by atomic mass is 79.9. The average Bonchev–Trinajstić information content (AvgIpc) is 3.77. The van der Waals surface area contributed by atoms with Crippen molar-refractivity contribution in [2.75, 3.05) is 16.8 Å². The number of benzene rings is 3. The van der Waals surface area contributed by atoms with E-state index in [0.29, 0.717) is 22.1 Å². The highest BCUT2D eigenvalue weighted by Crippen LogP contribution is 2.69. The van der Waals surface area contributed by atoms with Crippen LogP contribution in [0.3, 0.4) is 0 Å². The summed E-state index contributed by atoms with van der Waals surface area (Å²) >= 11 is 12.8. The van der Waals surface area contributed by atoms with Gasteiger partial charge in [0.05, 0.1) is 22.5 Å². The van der Waals surface area contributed by atoms with E-state index < -0.39 is 11.8 Å². The maximum atomic E-state index is 14.0. The van der Waals surface area contributed by atoms with Crippen molar-refractivity contribution in [3.8, 4) is 5.75 Å². The summed E-state index contributed by atoms with van der Waals surface area (Å²) in [6.45, 7) is 1.76. The van der Waals surface area contributed by atoms with Gasteiger partial charge in [0.15, 0.2) is 6.61 Å². The van der Waals surface area contributed by atoms with Crippen LogP contribution in [0.5, 0.6) is 5.75 Å². The van der Waals surface area contributed by atoms with Crippen molar-refractivity contribution in [3.05, 3.63) is 102 Å². The molecule has 0 radical (unpaired) electrons. The van der Waals surface area contributed by atoms with Gasteiger partial charge in [-0.3, -0.25) is 24.1 Å². The molecule has 1 saturated heterocycles. The molecule has 2 aliphatic heterocycles. The molecule has 3 aromatic carbocycles. The average molecular weight is 737 g/mol. The summed E-state index contributed by atoms with van der Waals surface area (Å²) in [5.41, 5.74) is 3.12. The Morgan fingerprint density at radius 3 is 2.48 bits per heavy atom. The van der Waals surface area contributed by atoms with Crippen LogP contribution >= 0.6 is 50.6 Å². The van der Waals surface area contributed by atoms with Crippen LogP contribution in [0.25, 0.3) is 0 Å². The Labute approximate surface area is 286 Å². The maximum Gasteiger partial charge on any atom is 0.305 e. The van der Waals surface area contributed by atoms with Crippen molar-refractivity contribution in [1.29, 1.82) is 0 Å². The molecule has 46 heavy (non-hydrogen) atoms. The first-order valence-corrected chi connectivity index (χ1v) is 17.9. The smallest absolute Gasteiger partial charge is 0.305 e. The van der Waals surface area contributed by atoms with Gasteiger partial charge in [0.2, 0.25) is 11.8 Å². The number of nitrogens with zero attached hydrogens (tertiary/aromatic N) is 1. The molecule has 2 saturated carbocycles. The van der Waals surface area contributed by atoms with Crippen LogP contribution in [0.2, 0.25) is 5.02 Å². The number of aromatic amines is 1. The second-order valence-corrected chi connectivity index (χ2v) is 15.9. The number of aromatic nitrogens is 1. The van der Waals surface area contributed by atoms with E-state index in [-0.39, 0.29) is 58.1 Å². The summed E-state index contributed by atoms with van der Waals surface area (Å²) in [6.07, 6.45) is 0.759. The summed E-state index contributed by atoms with van der Waals surface area (Å²) in [4.78, 5) is 58.7. The van der Waals surface area contributed by atoms with Gasteiger partial charge >= 0.3 is 4.87 Å². The molecule has 0 spiro atoms. The lowest BCUT2D eigenvalue weighted by atomic mass is 9.68. The zero-order chi connectivity index (χ0) is 31.9. The number of nitrogens with one attached hydrogen (secondary N) is 2. The van der Waals surface area contributed by atoms with Crippen LogP contribution in [0.1, 0.15) is 28.3 Å². The Balaban J connectivity index is 1.14. The first kappa shape index (κ1) is 30.0. The Morgan fingerprint density at radius 1 is 1.02 bits per heavy atom. The van der Waals surface area contributed by atoms with Gasteiger partial charge in [0, 0.05) is 36.8 Å². The summed E-state index contributed by atoms with van der Waals surface area (Å²) in [7, 11) is 0. The Morgan fingerprint density at radius 2 is 1.74 bits per heavy atom. The Hall–Kier alpha value is -3.38. The van der Waals surface area contributed by atoms with Crippen molar-refractivity contribution in [2.24, 2.45) is 29.6 Å². The number of halogens is 2. The molecular formula is C34H27BrClN3O5S2. The van der Waals surface area contributed by atoms with Crippen LogP contribution in [-0.4, -0.2) is 34.6 Å². The number of fused-ring (bicyclic) bond motifs is 9. The van der Waals surface area contributed by atoms with Gasteiger partial charge < -0.3 is 15.0 Å². The topological polar surface area (TPSA) is 109 Å². The Bertz CT molecular complexity index is 1960. The zero-order valence-corrected chi connectivity index (χ0v) is 28.3. The van der Waals surface area contributed by atoms with Gasteiger partial charge in [0.25, 0.3) is 5.91 Å². The van der Waals surface area contributed by atoms with Crippen LogP contribution in [0.15, 0.2) is 81.0 Å². The first-order chi connectivity index (χ1) is 22.2. The number of imide groups is 1. The fourth-order valence-electron chi connectivity index (χ4n) is 8.08. The van der Waals surface area contributed by atoms with E-state index in [2.05, 4.69) is 26.2 Å². The minimum atomic E-state index is -0.438. The number of thioether (sulfide) groups is 1. The predicted molar refractivity (Wildman–Crippen MR) is 182 cm³/mol. The second-order valence-electron chi connectivity index (χ2n) is 12.3. The first-order valence-electron chi connectivity index (χ1n) is 15.0. The van der Waals surface area contributed by atoms with E-state index in [0.717, 1.165) is 43.3 Å². The summed E-state index contributed by atoms with van der Waals surface area (Å²) in [6, 6.07) is 20.1. The van der Waals surface area contributed by atoms with Gasteiger partial charge in [-0.05, 0) is 85.7 Å². The van der Waals surface area contributed by atoms with Crippen molar-refractivity contribution in [3.63, 3.8) is 0 Å². The minimum Gasteiger partial charge on any atom is -0.483 e. The van der Waals surface area contributed by atoms with Gasteiger partial charge in [-0.2, -0.15) is 0 Å². The van der Waals surface area contributed by atoms with E-state index in [4.69, 9.17) is 16.3 Å². The van der Waals surface area contributed by atoms with Gasteiger partial charge in [-0.25, -0.2) is 0 Å². The molecule has 8 nitrogen and oxygen atoms in total. The molecule has 1 aromatic heterocycles. The molecule has 4 aromatic rings. The molecule has 234 valence electrons. The number of rotatable bonds is 6. The molecule has 6 unspecified atom stereocenters. The molecule has 7 atom stereocenters. The summed E-state index contributed by atoms with van der Waals surface area (Å²) < 4.78 is 7.04. The molecular weight excluding hydrogens is 710 g/mol. The molecule has 4 aliphatic rings. The van der Waals surface area contributed by atoms with Gasteiger partial charge in [-0.15, -0.1) is 11.8 Å². The quantitative estimate of drug-likeness (QED) is 0.210. The monoisotopic (exact) mass is 735 g/mol. The summed E-state index contributed by atoms with van der Waals surface area (Å²) in [5.74, 6) is -1.39. The third-order valence-electron chi connectivity index (χ3n) is 9.81. The fraction of sp³-hybridized carbons (Fsp3) is 0.294. The van der Waals surface area contributed by atoms with E-state index in [1.165, 1.54) is 4.90 Å². The molecule has 3 amide bonds. The molecule has 2 bridgehead atoms. The van der Waals surface area contributed by atoms with Crippen LogP contribution < -0.4 is 19.8 Å². The van der Waals surface area contributed by atoms with Crippen LogP contribution in [-0.2, 0) is 14.4 Å². The zero-order valence-electron chi connectivity index (χ0n) is 24.4. The number of thiazole rings is 1. The van der Waals surface area contributed by atoms with Crippen LogP contribution in [0.4, 0.5) is 11.4 Å². The number of hydrogen-bond acceptors (Lipinski definition) is 7. The number of aryl methyl sites for hydroxylation is 1. The highest BCUT2D eigenvalue weighted by molar-refractivity contribution is 9.10. The largest absolute Gasteiger partial charge is 0.483 e. The molecule has 3 fully saturated rings. The van der Waals surface area contributed by atoms with Crippen molar-refractivity contribution in [2.45, 2.75) is 29.5 Å². The molecule has 2 aliphatic carbocycles. The maximum absolute atomic E-state index is 14.0. The standard InChI is InChI=1S/C34H27BrClN3O5S2/c1-15-2-7-18(8-3-15)37-24(40)14-44-23-11-6-17(36)12-20(23)25-26-21-13-22(29(26)45-31-30(25)46-34(43)38-31)28-27(21)32(41)39(33(28)42)19-9-4-16(35)5-10-19/h2-12,21-22,25-29H,13-14H2,1H3,(H,37,40)(H,38,43)/t21?,22?,25-,26?,27?,28?,29?/m1/s1. The van der Waals surface area contributed by atoms with Crippen LogP contribution in [0, 0.1) is 36.5 Å². The van der Waals surface area contributed by atoms with Crippen molar-refractivity contribution < 1.29 is 19.1 Å².